The predicted octanol–water partition coefficient (Wildman–Crippen LogP) is 6.01. The lowest BCUT2D eigenvalue weighted by molar-refractivity contribution is 0.437. The standard InChI is InChI=1S/C22H15Cl2FN4O2/c1-26-11-13-7-16(23)10-17(8-13)30-21-18(24)5-4-14(20(21)25)9-19-28-29-22(31-19)15-3-2-6-27-12-15/h2-8,10-12H,9H2,1H3. The second-order valence-corrected chi connectivity index (χ2v) is 7.32. The molecule has 0 fully saturated rings. The molecule has 2 aromatic carbocycles. The minimum absolute atomic E-state index is 0.0654. The van der Waals surface area contributed by atoms with Gasteiger partial charge in [-0.15, -0.1) is 10.2 Å². The minimum atomic E-state index is -0.626. The molecular formula is C22H15Cl2FN4O2. The first-order valence-corrected chi connectivity index (χ1v) is 9.89. The van der Waals surface area contributed by atoms with Crippen LogP contribution in [-0.4, -0.2) is 28.4 Å². The number of ether oxygens (including phenoxy) is 1. The van der Waals surface area contributed by atoms with E-state index in [2.05, 4.69) is 20.2 Å². The molecular weight excluding hydrogens is 442 g/mol. The van der Waals surface area contributed by atoms with Crippen molar-refractivity contribution in [1.29, 1.82) is 0 Å². The van der Waals surface area contributed by atoms with Crippen molar-refractivity contribution >= 4 is 29.4 Å². The van der Waals surface area contributed by atoms with E-state index in [0.29, 0.717) is 27.8 Å². The van der Waals surface area contributed by atoms with Gasteiger partial charge in [-0.05, 0) is 42.0 Å². The summed E-state index contributed by atoms with van der Waals surface area (Å²) in [6.45, 7) is 0. The smallest absolute Gasteiger partial charge is 0.249 e. The molecule has 0 aliphatic carbocycles. The number of hydrogen-bond donors (Lipinski definition) is 0. The second-order valence-electron chi connectivity index (χ2n) is 6.48. The summed E-state index contributed by atoms with van der Waals surface area (Å²) in [5.41, 5.74) is 1.68. The maximum Gasteiger partial charge on any atom is 0.249 e. The summed E-state index contributed by atoms with van der Waals surface area (Å²) in [7, 11) is 1.64. The quantitative estimate of drug-likeness (QED) is 0.332. The first kappa shape index (κ1) is 21.0. The molecule has 0 bridgehead atoms. The number of hydrogen-bond acceptors (Lipinski definition) is 6. The van der Waals surface area contributed by atoms with E-state index in [1.54, 1.807) is 68.1 Å². The van der Waals surface area contributed by atoms with E-state index >= 15 is 4.39 Å². The first-order chi connectivity index (χ1) is 15.0. The Morgan fingerprint density at radius 1 is 1.16 bits per heavy atom. The molecule has 0 aliphatic rings. The van der Waals surface area contributed by atoms with Crippen LogP contribution >= 0.6 is 23.2 Å². The van der Waals surface area contributed by atoms with Gasteiger partial charge in [0.05, 0.1) is 17.0 Å². The van der Waals surface area contributed by atoms with E-state index in [4.69, 9.17) is 32.4 Å². The zero-order valence-corrected chi connectivity index (χ0v) is 17.7. The molecule has 0 saturated heterocycles. The van der Waals surface area contributed by atoms with Gasteiger partial charge in [0.1, 0.15) is 5.75 Å². The average molecular weight is 457 g/mol. The van der Waals surface area contributed by atoms with Crippen molar-refractivity contribution in [3.63, 3.8) is 0 Å². The van der Waals surface area contributed by atoms with Gasteiger partial charge in [-0.1, -0.05) is 29.3 Å². The van der Waals surface area contributed by atoms with Crippen LogP contribution < -0.4 is 4.74 Å². The Labute approximate surface area is 187 Å². The highest BCUT2D eigenvalue weighted by Crippen LogP contribution is 2.35. The van der Waals surface area contributed by atoms with E-state index in [0.717, 1.165) is 0 Å². The van der Waals surface area contributed by atoms with Gasteiger partial charge in [0.25, 0.3) is 0 Å². The van der Waals surface area contributed by atoms with Crippen molar-refractivity contribution in [2.75, 3.05) is 7.05 Å². The summed E-state index contributed by atoms with van der Waals surface area (Å²) in [4.78, 5) is 7.97. The Kier molecular flexibility index (Phi) is 6.25. The molecule has 4 aromatic rings. The van der Waals surface area contributed by atoms with Crippen LogP contribution in [0.2, 0.25) is 10.0 Å². The lowest BCUT2D eigenvalue weighted by atomic mass is 10.1. The molecule has 0 atom stereocenters. The molecule has 0 N–H and O–H groups in total. The summed E-state index contributed by atoms with van der Waals surface area (Å²) in [5.74, 6) is 0.136. The fraction of sp³-hybridized carbons (Fsp3) is 0.0909. The molecule has 9 heteroatoms. The van der Waals surface area contributed by atoms with Crippen LogP contribution in [0.1, 0.15) is 17.0 Å². The van der Waals surface area contributed by atoms with E-state index in [1.165, 1.54) is 0 Å². The largest absolute Gasteiger partial charge is 0.453 e. The summed E-state index contributed by atoms with van der Waals surface area (Å²) in [6, 6.07) is 11.6. The highest BCUT2D eigenvalue weighted by molar-refractivity contribution is 6.32. The molecule has 2 aromatic heterocycles. The fourth-order valence-corrected chi connectivity index (χ4v) is 3.30. The minimum Gasteiger partial charge on any atom is -0.453 e. The molecule has 0 radical (unpaired) electrons. The Morgan fingerprint density at radius 2 is 2.03 bits per heavy atom. The van der Waals surface area contributed by atoms with E-state index in [-0.39, 0.29) is 28.6 Å². The van der Waals surface area contributed by atoms with Crippen LogP contribution in [0.25, 0.3) is 11.5 Å². The summed E-state index contributed by atoms with van der Waals surface area (Å²) in [5, 5.41) is 8.53. The van der Waals surface area contributed by atoms with Crippen molar-refractivity contribution in [3.8, 4) is 23.0 Å². The maximum absolute atomic E-state index is 15.2. The number of halogens is 3. The molecule has 156 valence electrons. The molecule has 31 heavy (non-hydrogen) atoms. The normalized spacial score (nSPS) is 11.2. The van der Waals surface area contributed by atoms with Crippen molar-refractivity contribution in [2.45, 2.75) is 6.42 Å². The third kappa shape index (κ3) is 4.90. The SMILES string of the molecule is CN=Cc1cc(Cl)cc(Oc2c(Cl)ccc(Cc3nnc(-c4cccnc4)o3)c2F)c1. The number of aliphatic imine (C=N–C) groups is 1. The van der Waals surface area contributed by atoms with Crippen molar-refractivity contribution in [2.24, 2.45) is 4.99 Å². The fourth-order valence-electron chi connectivity index (χ4n) is 2.88. The van der Waals surface area contributed by atoms with Crippen LogP contribution in [0.4, 0.5) is 4.39 Å². The van der Waals surface area contributed by atoms with Crippen LogP contribution in [0.5, 0.6) is 11.5 Å². The van der Waals surface area contributed by atoms with Crippen molar-refractivity contribution in [1.82, 2.24) is 15.2 Å². The number of benzene rings is 2. The lowest BCUT2D eigenvalue weighted by Gasteiger charge is -2.12. The van der Waals surface area contributed by atoms with Crippen LogP contribution in [0.15, 0.2) is 64.3 Å². The van der Waals surface area contributed by atoms with E-state index < -0.39 is 5.82 Å². The van der Waals surface area contributed by atoms with Gasteiger partial charge in [-0.3, -0.25) is 9.98 Å². The molecule has 2 heterocycles. The Morgan fingerprint density at radius 3 is 2.81 bits per heavy atom. The topological polar surface area (TPSA) is 73.4 Å². The van der Waals surface area contributed by atoms with Gasteiger partial charge >= 0.3 is 0 Å². The van der Waals surface area contributed by atoms with Crippen molar-refractivity contribution in [3.05, 3.63) is 87.7 Å². The molecule has 0 aliphatic heterocycles. The summed E-state index contributed by atoms with van der Waals surface area (Å²) < 4.78 is 26.6. The Balaban J connectivity index is 1.61. The lowest BCUT2D eigenvalue weighted by Crippen LogP contribution is -1.98. The highest BCUT2D eigenvalue weighted by Gasteiger charge is 2.18. The van der Waals surface area contributed by atoms with Gasteiger partial charge in [-0.25, -0.2) is 4.39 Å². The summed E-state index contributed by atoms with van der Waals surface area (Å²) in [6.07, 6.45) is 4.93. The molecule has 0 amide bonds. The van der Waals surface area contributed by atoms with Gasteiger partial charge in [-0.2, -0.15) is 0 Å². The molecule has 4 rings (SSSR count). The van der Waals surface area contributed by atoms with Gasteiger partial charge in [0.2, 0.25) is 11.8 Å². The van der Waals surface area contributed by atoms with Gasteiger partial charge in [0, 0.05) is 36.2 Å². The molecule has 0 spiro atoms. The van der Waals surface area contributed by atoms with E-state index in [1.807, 2.05) is 0 Å². The molecule has 6 nitrogen and oxygen atoms in total. The monoisotopic (exact) mass is 456 g/mol. The second kappa shape index (κ2) is 9.24. The maximum atomic E-state index is 15.2. The number of rotatable bonds is 6. The van der Waals surface area contributed by atoms with Gasteiger partial charge < -0.3 is 9.15 Å². The number of nitrogens with zero attached hydrogens (tertiary/aromatic N) is 4. The summed E-state index contributed by atoms with van der Waals surface area (Å²) >= 11 is 12.3. The van der Waals surface area contributed by atoms with Crippen LogP contribution in [0, 0.1) is 5.82 Å². The Hall–Kier alpha value is -3.29. The highest BCUT2D eigenvalue weighted by atomic mass is 35.5. The predicted molar refractivity (Wildman–Crippen MR) is 117 cm³/mol. The van der Waals surface area contributed by atoms with Crippen LogP contribution in [0.3, 0.4) is 0 Å². The van der Waals surface area contributed by atoms with Crippen LogP contribution in [-0.2, 0) is 6.42 Å². The van der Waals surface area contributed by atoms with Gasteiger partial charge in [0.15, 0.2) is 11.6 Å². The van der Waals surface area contributed by atoms with E-state index in [9.17, 15) is 0 Å². The average Bonchev–Trinajstić information content (AvgIpc) is 3.22. The zero-order chi connectivity index (χ0) is 21.8. The number of aromatic nitrogens is 3. The third-order valence-corrected chi connectivity index (χ3v) is 4.75. The third-order valence-electron chi connectivity index (χ3n) is 4.24. The van der Waals surface area contributed by atoms with Crippen molar-refractivity contribution < 1.29 is 13.5 Å². The number of pyridine rings is 1. The zero-order valence-electron chi connectivity index (χ0n) is 16.2. The Bertz CT molecular complexity index is 1250. The molecule has 0 saturated carbocycles. The molecule has 0 unspecified atom stereocenters. The first-order valence-electron chi connectivity index (χ1n) is 9.14.